The van der Waals surface area contributed by atoms with Gasteiger partial charge in [0.25, 0.3) is 0 Å². The molecule has 1 aromatic rings. The number of carboxylic acids is 1. The Kier molecular flexibility index (Phi) is 3.27. The Morgan fingerprint density at radius 3 is 2.33 bits per heavy atom. The number of carboxylic acid groups (broad SMARTS) is 1. The summed E-state index contributed by atoms with van der Waals surface area (Å²) >= 11 is 0. The van der Waals surface area contributed by atoms with E-state index >= 15 is 0 Å². The molecule has 0 amide bonds. The summed E-state index contributed by atoms with van der Waals surface area (Å²) in [6.07, 6.45) is 0.987. The van der Waals surface area contributed by atoms with Gasteiger partial charge < -0.3 is 9.84 Å². The average Bonchev–Trinajstić information content (AvgIpc) is 2.21. The summed E-state index contributed by atoms with van der Waals surface area (Å²) in [5, 5.41) is 8.73. The number of rotatable bonds is 4. The molecule has 1 heterocycles. The fourth-order valence-corrected chi connectivity index (χ4v) is 2.49. The molecule has 98 valence electrons. The van der Waals surface area contributed by atoms with Crippen LogP contribution in [-0.2, 0) is 10.0 Å². The molecule has 0 radical (unpaired) electrons. The Balaban J connectivity index is 1.91. The molecule has 0 bridgehead atoms. The fraction of sp³-hybridized carbons (Fsp3) is 0.364. The second-order valence-electron chi connectivity index (χ2n) is 4.15. The Bertz CT molecular complexity index is 545. The number of hydrogen-bond acceptors (Lipinski definition) is 4. The summed E-state index contributed by atoms with van der Waals surface area (Å²) in [5.41, 5.74) is 0.189. The highest BCUT2D eigenvalue weighted by molar-refractivity contribution is 7.88. The van der Waals surface area contributed by atoms with Gasteiger partial charge >= 0.3 is 5.97 Å². The van der Waals surface area contributed by atoms with Crippen molar-refractivity contribution in [1.29, 1.82) is 0 Å². The van der Waals surface area contributed by atoms with Gasteiger partial charge in [0.05, 0.1) is 24.9 Å². The summed E-state index contributed by atoms with van der Waals surface area (Å²) < 4.78 is 29.1. The highest BCUT2D eigenvalue weighted by Gasteiger charge is 2.34. The molecule has 0 spiro atoms. The molecule has 0 atom stereocenters. The van der Waals surface area contributed by atoms with Crippen LogP contribution in [0.25, 0.3) is 0 Å². The molecule has 1 fully saturated rings. The average molecular weight is 271 g/mol. The van der Waals surface area contributed by atoms with Crippen LogP contribution in [0.15, 0.2) is 24.3 Å². The molecular formula is C11H13NO5S. The van der Waals surface area contributed by atoms with Crippen molar-refractivity contribution in [2.45, 2.75) is 6.10 Å². The van der Waals surface area contributed by atoms with Crippen molar-refractivity contribution in [3.63, 3.8) is 0 Å². The minimum Gasteiger partial charge on any atom is -0.488 e. The zero-order valence-electron chi connectivity index (χ0n) is 9.74. The van der Waals surface area contributed by atoms with Crippen molar-refractivity contribution in [3.8, 4) is 5.75 Å². The van der Waals surface area contributed by atoms with E-state index in [1.165, 1.54) is 16.4 Å². The van der Waals surface area contributed by atoms with E-state index < -0.39 is 16.0 Å². The third-order valence-corrected chi connectivity index (χ3v) is 3.92. The van der Waals surface area contributed by atoms with Crippen LogP contribution in [0.1, 0.15) is 10.4 Å². The van der Waals surface area contributed by atoms with E-state index in [0.29, 0.717) is 18.8 Å². The van der Waals surface area contributed by atoms with Gasteiger partial charge in [-0.1, -0.05) is 0 Å². The summed E-state index contributed by atoms with van der Waals surface area (Å²) in [4.78, 5) is 10.6. The lowest BCUT2D eigenvalue weighted by Gasteiger charge is -2.36. The van der Waals surface area contributed by atoms with E-state index in [0.717, 1.165) is 6.26 Å². The van der Waals surface area contributed by atoms with Gasteiger partial charge in [-0.15, -0.1) is 0 Å². The minimum atomic E-state index is -3.13. The summed E-state index contributed by atoms with van der Waals surface area (Å²) in [7, 11) is -3.13. The van der Waals surface area contributed by atoms with Crippen LogP contribution in [0.3, 0.4) is 0 Å². The van der Waals surface area contributed by atoms with Crippen molar-refractivity contribution in [3.05, 3.63) is 29.8 Å². The quantitative estimate of drug-likeness (QED) is 0.857. The second-order valence-corrected chi connectivity index (χ2v) is 6.13. The SMILES string of the molecule is CS(=O)(=O)N1CC(Oc2ccc(C(=O)O)cc2)C1. The van der Waals surface area contributed by atoms with E-state index in [9.17, 15) is 13.2 Å². The number of benzene rings is 1. The van der Waals surface area contributed by atoms with Gasteiger partial charge in [-0.05, 0) is 24.3 Å². The third-order valence-electron chi connectivity index (χ3n) is 2.69. The fourth-order valence-electron chi connectivity index (χ4n) is 1.61. The molecule has 18 heavy (non-hydrogen) atoms. The first-order chi connectivity index (χ1) is 8.36. The summed E-state index contributed by atoms with van der Waals surface area (Å²) in [6, 6.07) is 6.02. The number of sulfonamides is 1. The highest BCUT2D eigenvalue weighted by Crippen LogP contribution is 2.20. The smallest absolute Gasteiger partial charge is 0.335 e. The topological polar surface area (TPSA) is 83.9 Å². The number of carbonyl (C=O) groups is 1. The van der Waals surface area contributed by atoms with E-state index in [-0.39, 0.29) is 11.7 Å². The van der Waals surface area contributed by atoms with Crippen LogP contribution >= 0.6 is 0 Å². The van der Waals surface area contributed by atoms with E-state index in [1.807, 2.05) is 0 Å². The Morgan fingerprint density at radius 1 is 1.33 bits per heavy atom. The van der Waals surface area contributed by atoms with Crippen LogP contribution in [0.5, 0.6) is 5.75 Å². The molecule has 7 heteroatoms. The lowest BCUT2D eigenvalue weighted by atomic mass is 10.2. The number of nitrogens with zero attached hydrogens (tertiary/aromatic N) is 1. The number of hydrogen-bond donors (Lipinski definition) is 1. The molecule has 0 saturated carbocycles. The van der Waals surface area contributed by atoms with E-state index in [4.69, 9.17) is 9.84 Å². The second kappa shape index (κ2) is 4.58. The normalized spacial score (nSPS) is 17.2. The van der Waals surface area contributed by atoms with Crippen molar-refractivity contribution < 1.29 is 23.1 Å². The highest BCUT2D eigenvalue weighted by atomic mass is 32.2. The summed E-state index contributed by atoms with van der Waals surface area (Å²) in [5.74, 6) is -0.452. The largest absolute Gasteiger partial charge is 0.488 e. The minimum absolute atomic E-state index is 0.171. The molecule has 1 saturated heterocycles. The van der Waals surface area contributed by atoms with Gasteiger partial charge in [0.1, 0.15) is 11.9 Å². The van der Waals surface area contributed by atoms with Crippen LogP contribution in [0.4, 0.5) is 0 Å². The van der Waals surface area contributed by atoms with E-state index in [2.05, 4.69) is 0 Å². The molecule has 0 aliphatic carbocycles. The van der Waals surface area contributed by atoms with Gasteiger partial charge in [-0.25, -0.2) is 13.2 Å². The first-order valence-corrected chi connectivity index (χ1v) is 7.16. The molecule has 0 unspecified atom stereocenters. The maximum absolute atomic E-state index is 11.1. The van der Waals surface area contributed by atoms with E-state index in [1.54, 1.807) is 12.1 Å². The van der Waals surface area contributed by atoms with Crippen molar-refractivity contribution in [2.24, 2.45) is 0 Å². The van der Waals surface area contributed by atoms with Crippen LogP contribution < -0.4 is 4.74 Å². The Labute approximate surface area is 105 Å². The van der Waals surface area contributed by atoms with Crippen molar-refractivity contribution in [1.82, 2.24) is 4.31 Å². The molecule has 0 aromatic heterocycles. The molecule has 6 nitrogen and oxygen atoms in total. The number of ether oxygens (including phenoxy) is 1. The molecule has 1 aliphatic rings. The first-order valence-electron chi connectivity index (χ1n) is 5.31. The summed E-state index contributed by atoms with van der Waals surface area (Å²) in [6.45, 7) is 0.666. The van der Waals surface area contributed by atoms with Crippen LogP contribution in [0.2, 0.25) is 0 Å². The van der Waals surface area contributed by atoms with Gasteiger partial charge in [0.2, 0.25) is 10.0 Å². The lowest BCUT2D eigenvalue weighted by molar-refractivity contribution is 0.0695. The van der Waals surface area contributed by atoms with Crippen LogP contribution in [-0.4, -0.2) is 49.2 Å². The van der Waals surface area contributed by atoms with Crippen LogP contribution in [0, 0.1) is 0 Å². The van der Waals surface area contributed by atoms with Crippen molar-refractivity contribution >= 4 is 16.0 Å². The first kappa shape index (κ1) is 12.8. The molecular weight excluding hydrogens is 258 g/mol. The van der Waals surface area contributed by atoms with Gasteiger partial charge in [-0.2, -0.15) is 4.31 Å². The monoisotopic (exact) mass is 271 g/mol. The molecule has 1 aliphatic heterocycles. The Morgan fingerprint density at radius 2 is 1.89 bits per heavy atom. The Hall–Kier alpha value is -1.60. The maximum Gasteiger partial charge on any atom is 0.335 e. The third kappa shape index (κ3) is 2.80. The van der Waals surface area contributed by atoms with Crippen molar-refractivity contribution in [2.75, 3.05) is 19.3 Å². The maximum atomic E-state index is 11.1. The lowest BCUT2D eigenvalue weighted by Crippen LogP contribution is -2.55. The standard InChI is InChI=1S/C11H13NO5S/c1-18(15,16)12-6-10(7-12)17-9-4-2-8(3-5-9)11(13)14/h2-5,10H,6-7H2,1H3,(H,13,14). The zero-order chi connectivity index (χ0) is 13.3. The zero-order valence-corrected chi connectivity index (χ0v) is 10.6. The van der Waals surface area contributed by atoms with Gasteiger partial charge in [0, 0.05) is 0 Å². The molecule has 1 aromatic carbocycles. The molecule has 2 rings (SSSR count). The predicted octanol–water partition coefficient (Wildman–Crippen LogP) is 0.407. The van der Waals surface area contributed by atoms with Gasteiger partial charge in [-0.3, -0.25) is 0 Å². The predicted molar refractivity (Wildman–Crippen MR) is 64.2 cm³/mol. The number of aromatic carboxylic acids is 1. The molecule has 1 N–H and O–H groups in total. The van der Waals surface area contributed by atoms with Gasteiger partial charge in [0.15, 0.2) is 0 Å².